The average Bonchev–Trinajstić information content (AvgIpc) is 2.55. The minimum atomic E-state index is -4.31. The average molecular weight is 229 g/mol. The van der Waals surface area contributed by atoms with Crippen LogP contribution >= 0.6 is 0 Å². The largest absolute Gasteiger partial charge is 0.350 e. The van der Waals surface area contributed by atoms with Gasteiger partial charge in [0.2, 0.25) is 0 Å². The highest BCUT2D eigenvalue weighted by Gasteiger charge is 2.35. The van der Waals surface area contributed by atoms with Gasteiger partial charge in [0, 0.05) is 13.1 Å². The number of halogens is 2. The quantitative estimate of drug-likeness (QED) is 0.725. The Labute approximate surface area is 84.1 Å². The normalized spacial score (nSPS) is 23.4. The first-order chi connectivity index (χ1) is 6.44. The standard InChI is InChI=1S/C6H11F2NO2S.C2H6/c1-5-2-3-9(4-5)12(10,11)6(7)8;1-2/h5-6H,2-4H2,1H3;1-2H3/t5-;/m0./s1. The Morgan fingerprint density at radius 3 is 2.14 bits per heavy atom. The van der Waals surface area contributed by atoms with Crippen LogP contribution in [-0.4, -0.2) is 31.6 Å². The maximum atomic E-state index is 12.0. The predicted molar refractivity (Wildman–Crippen MR) is 51.6 cm³/mol. The van der Waals surface area contributed by atoms with Gasteiger partial charge in [-0.2, -0.15) is 13.1 Å². The maximum Gasteiger partial charge on any atom is 0.350 e. The van der Waals surface area contributed by atoms with Gasteiger partial charge in [-0.05, 0) is 12.3 Å². The molecule has 0 aromatic carbocycles. The van der Waals surface area contributed by atoms with Crippen LogP contribution in [0.5, 0.6) is 0 Å². The maximum absolute atomic E-state index is 12.0. The fourth-order valence-electron chi connectivity index (χ4n) is 1.24. The molecule has 1 rings (SSSR count). The topological polar surface area (TPSA) is 37.4 Å². The number of hydrogen-bond acceptors (Lipinski definition) is 2. The molecule has 0 spiro atoms. The Morgan fingerprint density at radius 2 is 1.86 bits per heavy atom. The van der Waals surface area contributed by atoms with Gasteiger partial charge in [-0.3, -0.25) is 0 Å². The summed E-state index contributed by atoms with van der Waals surface area (Å²) < 4.78 is 46.5. The fraction of sp³-hybridized carbons (Fsp3) is 1.00. The van der Waals surface area contributed by atoms with Crippen LogP contribution in [0.3, 0.4) is 0 Å². The molecule has 0 unspecified atom stereocenters. The van der Waals surface area contributed by atoms with Crippen LogP contribution in [-0.2, 0) is 10.0 Å². The van der Waals surface area contributed by atoms with Crippen LogP contribution in [0.1, 0.15) is 27.2 Å². The second-order valence-corrected chi connectivity index (χ2v) is 4.96. The molecule has 0 amide bonds. The van der Waals surface area contributed by atoms with Gasteiger partial charge >= 0.3 is 5.76 Å². The van der Waals surface area contributed by atoms with Gasteiger partial charge in [0.15, 0.2) is 0 Å². The zero-order chi connectivity index (χ0) is 11.4. The van der Waals surface area contributed by atoms with E-state index in [2.05, 4.69) is 0 Å². The Hall–Kier alpha value is -0.230. The molecule has 1 fully saturated rings. The summed E-state index contributed by atoms with van der Waals surface area (Å²) in [5.41, 5.74) is 0. The molecule has 0 aliphatic carbocycles. The summed E-state index contributed by atoms with van der Waals surface area (Å²) >= 11 is 0. The minimum Gasteiger partial charge on any atom is -0.206 e. The van der Waals surface area contributed by atoms with Crippen molar-refractivity contribution in [1.29, 1.82) is 0 Å². The molecule has 0 saturated carbocycles. The zero-order valence-corrected chi connectivity index (χ0v) is 9.52. The molecule has 1 atom stereocenters. The lowest BCUT2D eigenvalue weighted by molar-refractivity contribution is 0.222. The summed E-state index contributed by atoms with van der Waals surface area (Å²) in [7, 11) is -4.31. The number of alkyl halides is 2. The van der Waals surface area contributed by atoms with Crippen molar-refractivity contribution < 1.29 is 17.2 Å². The fourth-order valence-corrected chi connectivity index (χ4v) is 2.29. The van der Waals surface area contributed by atoms with Gasteiger partial charge in [0.05, 0.1) is 0 Å². The number of hydrogen-bond donors (Lipinski definition) is 0. The van der Waals surface area contributed by atoms with Gasteiger partial charge in [-0.15, -0.1) is 0 Å². The molecule has 6 heteroatoms. The van der Waals surface area contributed by atoms with Crippen molar-refractivity contribution in [3.05, 3.63) is 0 Å². The monoisotopic (exact) mass is 229 g/mol. The van der Waals surface area contributed by atoms with E-state index in [0.717, 1.165) is 4.31 Å². The molecule has 14 heavy (non-hydrogen) atoms. The lowest BCUT2D eigenvalue weighted by Gasteiger charge is -2.14. The Morgan fingerprint density at radius 1 is 1.36 bits per heavy atom. The van der Waals surface area contributed by atoms with Crippen molar-refractivity contribution >= 4 is 10.0 Å². The molecule has 1 aliphatic heterocycles. The summed E-state index contributed by atoms with van der Waals surface area (Å²) in [4.78, 5) is 0. The van der Waals surface area contributed by atoms with E-state index in [1.807, 2.05) is 20.8 Å². The van der Waals surface area contributed by atoms with Crippen molar-refractivity contribution in [2.24, 2.45) is 5.92 Å². The van der Waals surface area contributed by atoms with E-state index in [0.29, 0.717) is 6.42 Å². The van der Waals surface area contributed by atoms with Crippen LogP contribution in [0.4, 0.5) is 8.78 Å². The number of rotatable bonds is 2. The van der Waals surface area contributed by atoms with Gasteiger partial charge in [-0.1, -0.05) is 20.8 Å². The first-order valence-corrected chi connectivity index (χ1v) is 6.22. The van der Waals surface area contributed by atoms with E-state index in [1.165, 1.54) is 0 Å². The number of nitrogens with zero attached hydrogens (tertiary/aromatic N) is 1. The van der Waals surface area contributed by atoms with Crippen LogP contribution in [0, 0.1) is 5.92 Å². The summed E-state index contributed by atoms with van der Waals surface area (Å²) in [6.07, 6.45) is 0.673. The van der Waals surface area contributed by atoms with Crippen LogP contribution in [0.15, 0.2) is 0 Å². The molecular weight excluding hydrogens is 212 g/mol. The zero-order valence-electron chi connectivity index (χ0n) is 8.70. The molecule has 1 heterocycles. The Kier molecular flexibility index (Phi) is 5.51. The molecule has 86 valence electrons. The highest BCUT2D eigenvalue weighted by Crippen LogP contribution is 2.21. The van der Waals surface area contributed by atoms with Crippen LogP contribution in [0.2, 0.25) is 0 Å². The number of sulfonamides is 1. The molecule has 0 radical (unpaired) electrons. The molecule has 1 saturated heterocycles. The van der Waals surface area contributed by atoms with E-state index in [1.54, 1.807) is 0 Å². The van der Waals surface area contributed by atoms with Crippen molar-refractivity contribution in [2.75, 3.05) is 13.1 Å². The SMILES string of the molecule is CC.C[C@H]1CCN(S(=O)(=O)C(F)F)C1. The first kappa shape index (κ1) is 13.8. The third-order valence-corrected chi connectivity index (χ3v) is 3.47. The molecule has 0 bridgehead atoms. The smallest absolute Gasteiger partial charge is 0.206 e. The second-order valence-electron chi connectivity index (χ2n) is 3.06. The van der Waals surface area contributed by atoms with E-state index in [-0.39, 0.29) is 19.0 Å². The van der Waals surface area contributed by atoms with E-state index < -0.39 is 15.8 Å². The van der Waals surface area contributed by atoms with Crippen LogP contribution in [0.25, 0.3) is 0 Å². The van der Waals surface area contributed by atoms with Crippen molar-refractivity contribution in [1.82, 2.24) is 4.31 Å². The van der Waals surface area contributed by atoms with Gasteiger partial charge < -0.3 is 0 Å². The van der Waals surface area contributed by atoms with Gasteiger partial charge in [0.25, 0.3) is 10.0 Å². The van der Waals surface area contributed by atoms with Crippen molar-refractivity contribution in [3.8, 4) is 0 Å². The summed E-state index contributed by atoms with van der Waals surface area (Å²) in [6.45, 7) is 6.31. The lowest BCUT2D eigenvalue weighted by Crippen LogP contribution is -2.33. The molecule has 0 N–H and O–H groups in total. The van der Waals surface area contributed by atoms with Gasteiger partial charge in [0.1, 0.15) is 0 Å². The molecule has 1 aliphatic rings. The van der Waals surface area contributed by atoms with Crippen LogP contribution < -0.4 is 0 Å². The van der Waals surface area contributed by atoms with Crippen molar-refractivity contribution in [2.45, 2.75) is 32.9 Å². The molecule has 0 aromatic rings. The molecular formula is C8H17F2NO2S. The highest BCUT2D eigenvalue weighted by atomic mass is 32.2. The van der Waals surface area contributed by atoms with Crippen molar-refractivity contribution in [3.63, 3.8) is 0 Å². The summed E-state index contributed by atoms with van der Waals surface area (Å²) in [6, 6.07) is 0. The Balaban J connectivity index is 0.000000791. The lowest BCUT2D eigenvalue weighted by atomic mass is 10.2. The molecule has 3 nitrogen and oxygen atoms in total. The third-order valence-electron chi connectivity index (χ3n) is 1.97. The molecule has 0 aromatic heterocycles. The van der Waals surface area contributed by atoms with Gasteiger partial charge in [-0.25, -0.2) is 8.42 Å². The highest BCUT2D eigenvalue weighted by molar-refractivity contribution is 7.89. The van der Waals surface area contributed by atoms with E-state index in [4.69, 9.17) is 0 Å². The van der Waals surface area contributed by atoms with E-state index in [9.17, 15) is 17.2 Å². The van der Waals surface area contributed by atoms with E-state index >= 15 is 0 Å². The third kappa shape index (κ3) is 3.16. The summed E-state index contributed by atoms with van der Waals surface area (Å²) in [5.74, 6) is -3.08. The first-order valence-electron chi connectivity index (χ1n) is 4.71. The Bertz CT molecular complexity index is 254. The summed E-state index contributed by atoms with van der Waals surface area (Å²) in [5, 5.41) is 0. The minimum absolute atomic E-state index is 0.193. The predicted octanol–water partition coefficient (Wildman–Crippen LogP) is 1.91. The second kappa shape index (κ2) is 5.60.